The molecule has 0 N–H and O–H groups in total. The van der Waals surface area contributed by atoms with Crippen LogP contribution in [-0.2, 0) is 14.3 Å². The fraction of sp³-hybridized carbons (Fsp3) is 0.579. The van der Waals surface area contributed by atoms with Gasteiger partial charge in [0.2, 0.25) is 0 Å². The number of non-ortho nitro benzene ring substituents is 1. The molecule has 0 saturated heterocycles. The van der Waals surface area contributed by atoms with Gasteiger partial charge in [-0.05, 0) is 25.0 Å². The van der Waals surface area contributed by atoms with Gasteiger partial charge in [-0.2, -0.15) is 0 Å². The highest BCUT2D eigenvalue weighted by molar-refractivity contribution is 5.83. The van der Waals surface area contributed by atoms with Crippen LogP contribution in [0, 0.1) is 22.0 Å². The number of carbonyl (C=O) groups is 2. The average Bonchev–Trinajstić information content (AvgIpc) is 2.61. The van der Waals surface area contributed by atoms with Crippen LogP contribution in [0.2, 0.25) is 0 Å². The van der Waals surface area contributed by atoms with Crippen molar-refractivity contribution in [2.24, 2.45) is 11.8 Å². The lowest BCUT2D eigenvalue weighted by Crippen LogP contribution is -2.40. The van der Waals surface area contributed by atoms with E-state index in [0.29, 0.717) is 30.5 Å². The molecule has 0 amide bonds. The SMILES string of the molecule is C[N+](C)(C)CCOC(=O)C1CCCCC1C(=O)Oc1ccc([N+](=O)[O-])cc1. The van der Waals surface area contributed by atoms with Crippen LogP contribution in [0.1, 0.15) is 25.7 Å². The first-order chi connectivity index (χ1) is 12.7. The fourth-order valence-corrected chi connectivity index (χ4v) is 3.05. The third kappa shape index (κ3) is 6.32. The first kappa shape index (κ1) is 20.8. The molecule has 8 heteroatoms. The molecular formula is C19H27N2O6+. The summed E-state index contributed by atoms with van der Waals surface area (Å²) in [6.45, 7) is 0.999. The van der Waals surface area contributed by atoms with Crippen molar-refractivity contribution in [3.8, 4) is 5.75 Å². The van der Waals surface area contributed by atoms with Crippen molar-refractivity contribution in [2.45, 2.75) is 25.7 Å². The number of nitrogens with zero attached hydrogens (tertiary/aromatic N) is 2. The van der Waals surface area contributed by atoms with E-state index < -0.39 is 22.7 Å². The molecular weight excluding hydrogens is 352 g/mol. The lowest BCUT2D eigenvalue weighted by Gasteiger charge is -2.29. The van der Waals surface area contributed by atoms with Crippen molar-refractivity contribution in [2.75, 3.05) is 34.3 Å². The standard InChI is InChI=1S/C19H27N2O6/c1-21(2,3)12-13-26-18(22)16-6-4-5-7-17(16)19(23)27-15-10-8-14(9-11-15)20(24)25/h8-11,16-17H,4-7,12-13H2,1-3H3/q+1. The monoisotopic (exact) mass is 379 g/mol. The van der Waals surface area contributed by atoms with Crippen molar-refractivity contribution in [1.82, 2.24) is 0 Å². The van der Waals surface area contributed by atoms with Crippen LogP contribution in [0.15, 0.2) is 24.3 Å². The summed E-state index contributed by atoms with van der Waals surface area (Å²) in [7, 11) is 6.04. The maximum Gasteiger partial charge on any atom is 0.315 e. The second kappa shape index (κ2) is 8.94. The number of carbonyl (C=O) groups excluding carboxylic acids is 2. The highest BCUT2D eigenvalue weighted by Crippen LogP contribution is 2.32. The lowest BCUT2D eigenvalue weighted by molar-refractivity contribution is -0.870. The van der Waals surface area contributed by atoms with Gasteiger partial charge in [-0.15, -0.1) is 0 Å². The quantitative estimate of drug-likeness (QED) is 0.237. The van der Waals surface area contributed by atoms with E-state index in [1.165, 1.54) is 24.3 Å². The highest BCUT2D eigenvalue weighted by atomic mass is 16.6. The van der Waals surface area contributed by atoms with E-state index in [4.69, 9.17) is 9.47 Å². The molecule has 0 bridgehead atoms. The molecule has 148 valence electrons. The molecule has 0 heterocycles. The summed E-state index contributed by atoms with van der Waals surface area (Å²) >= 11 is 0. The van der Waals surface area contributed by atoms with E-state index in [-0.39, 0.29) is 17.4 Å². The van der Waals surface area contributed by atoms with Gasteiger partial charge in [-0.25, -0.2) is 0 Å². The van der Waals surface area contributed by atoms with E-state index in [1.54, 1.807) is 0 Å². The number of quaternary nitrogens is 1. The molecule has 1 aliphatic rings. The molecule has 2 unspecified atom stereocenters. The van der Waals surface area contributed by atoms with E-state index in [0.717, 1.165) is 12.8 Å². The predicted molar refractivity (Wildman–Crippen MR) is 98.0 cm³/mol. The number of rotatable bonds is 7. The van der Waals surface area contributed by atoms with Crippen molar-refractivity contribution in [3.05, 3.63) is 34.4 Å². The van der Waals surface area contributed by atoms with Gasteiger partial charge in [0.05, 0.1) is 37.9 Å². The molecule has 2 atom stereocenters. The normalized spacial score (nSPS) is 20.0. The van der Waals surface area contributed by atoms with Gasteiger partial charge in [0, 0.05) is 12.1 Å². The zero-order valence-electron chi connectivity index (χ0n) is 16.1. The molecule has 1 aromatic carbocycles. The van der Waals surface area contributed by atoms with Gasteiger partial charge in [-0.3, -0.25) is 19.7 Å². The van der Waals surface area contributed by atoms with Crippen LogP contribution >= 0.6 is 0 Å². The van der Waals surface area contributed by atoms with E-state index in [1.807, 2.05) is 21.1 Å². The van der Waals surface area contributed by atoms with Crippen LogP contribution in [-0.4, -0.2) is 55.6 Å². The van der Waals surface area contributed by atoms with Gasteiger partial charge in [0.15, 0.2) is 0 Å². The zero-order valence-corrected chi connectivity index (χ0v) is 16.1. The summed E-state index contributed by atoms with van der Waals surface area (Å²) < 4.78 is 11.4. The molecule has 0 radical (unpaired) electrons. The Hall–Kier alpha value is -2.48. The molecule has 27 heavy (non-hydrogen) atoms. The second-order valence-corrected chi connectivity index (χ2v) is 7.85. The number of hydrogen-bond donors (Lipinski definition) is 0. The molecule has 1 aromatic rings. The zero-order chi connectivity index (χ0) is 20.0. The molecule has 1 saturated carbocycles. The lowest BCUT2D eigenvalue weighted by atomic mass is 9.79. The van der Waals surface area contributed by atoms with Gasteiger partial charge < -0.3 is 14.0 Å². The Kier molecular flexibility index (Phi) is 6.90. The topological polar surface area (TPSA) is 95.7 Å². The summed E-state index contributed by atoms with van der Waals surface area (Å²) in [6, 6.07) is 5.32. The molecule has 2 rings (SSSR count). The fourth-order valence-electron chi connectivity index (χ4n) is 3.05. The van der Waals surface area contributed by atoms with Gasteiger partial charge >= 0.3 is 11.9 Å². The minimum atomic E-state index is -0.550. The first-order valence-corrected chi connectivity index (χ1v) is 9.10. The number of nitro groups is 1. The van der Waals surface area contributed by atoms with Crippen molar-refractivity contribution in [3.63, 3.8) is 0 Å². The van der Waals surface area contributed by atoms with E-state index >= 15 is 0 Å². The van der Waals surface area contributed by atoms with Crippen LogP contribution in [0.5, 0.6) is 5.75 Å². The van der Waals surface area contributed by atoms with Crippen LogP contribution < -0.4 is 4.74 Å². The molecule has 0 aromatic heterocycles. The largest absolute Gasteiger partial charge is 0.459 e. The Morgan fingerprint density at radius 1 is 1.07 bits per heavy atom. The Balaban J connectivity index is 1.97. The van der Waals surface area contributed by atoms with E-state index in [2.05, 4.69) is 0 Å². The molecule has 0 aliphatic heterocycles. The highest BCUT2D eigenvalue weighted by Gasteiger charge is 2.38. The maximum atomic E-state index is 12.6. The minimum absolute atomic E-state index is 0.0776. The summed E-state index contributed by atoms with van der Waals surface area (Å²) in [4.78, 5) is 35.2. The number of ether oxygens (including phenoxy) is 2. The number of esters is 2. The Bertz CT molecular complexity index is 680. The van der Waals surface area contributed by atoms with Gasteiger partial charge in [0.25, 0.3) is 5.69 Å². The summed E-state index contributed by atoms with van der Waals surface area (Å²) in [5.74, 6) is -1.67. The first-order valence-electron chi connectivity index (χ1n) is 9.10. The minimum Gasteiger partial charge on any atom is -0.459 e. The average molecular weight is 379 g/mol. The molecule has 8 nitrogen and oxygen atoms in total. The van der Waals surface area contributed by atoms with E-state index in [9.17, 15) is 19.7 Å². The summed E-state index contributed by atoms with van der Waals surface area (Å²) in [6.07, 6.45) is 2.89. The number of nitro benzene ring substituents is 1. The second-order valence-electron chi connectivity index (χ2n) is 7.85. The number of likely N-dealkylation sites (N-methyl/N-ethyl adjacent to an activating group) is 1. The Morgan fingerprint density at radius 2 is 1.63 bits per heavy atom. The van der Waals surface area contributed by atoms with Gasteiger partial charge in [-0.1, -0.05) is 12.8 Å². The predicted octanol–water partition coefficient (Wildman–Crippen LogP) is 2.56. The van der Waals surface area contributed by atoms with Crippen molar-refractivity contribution >= 4 is 17.6 Å². The maximum absolute atomic E-state index is 12.6. The smallest absolute Gasteiger partial charge is 0.315 e. The summed E-state index contributed by atoms with van der Waals surface area (Å²) in [5.41, 5.74) is -0.0776. The summed E-state index contributed by atoms with van der Waals surface area (Å²) in [5, 5.41) is 10.7. The molecule has 1 fully saturated rings. The number of hydrogen-bond acceptors (Lipinski definition) is 6. The Morgan fingerprint density at radius 3 is 2.15 bits per heavy atom. The molecule has 1 aliphatic carbocycles. The molecule has 0 spiro atoms. The van der Waals surface area contributed by atoms with Crippen LogP contribution in [0.25, 0.3) is 0 Å². The Labute approximate surface area is 158 Å². The third-order valence-corrected chi connectivity index (χ3v) is 4.64. The van der Waals surface area contributed by atoms with Crippen molar-refractivity contribution in [1.29, 1.82) is 0 Å². The third-order valence-electron chi connectivity index (χ3n) is 4.64. The number of benzene rings is 1. The van der Waals surface area contributed by atoms with Gasteiger partial charge in [0.1, 0.15) is 18.9 Å². The van der Waals surface area contributed by atoms with Crippen LogP contribution in [0.3, 0.4) is 0 Å². The van der Waals surface area contributed by atoms with Crippen LogP contribution in [0.4, 0.5) is 5.69 Å². The van der Waals surface area contributed by atoms with Crippen molar-refractivity contribution < 1.29 is 28.5 Å².